The van der Waals surface area contributed by atoms with E-state index in [-0.39, 0.29) is 0 Å². The molecule has 3 heteroatoms. The van der Waals surface area contributed by atoms with Crippen molar-refractivity contribution in [3.8, 4) is 0 Å². The molecule has 1 N–H and O–H groups in total. The predicted octanol–water partition coefficient (Wildman–Crippen LogP) is 5.73. The van der Waals surface area contributed by atoms with E-state index in [1.807, 2.05) is 12.1 Å². The third-order valence-corrected chi connectivity index (χ3v) is 5.37. The number of rotatable bonds is 3. The fourth-order valence-electron chi connectivity index (χ4n) is 2.95. The van der Waals surface area contributed by atoms with Crippen LogP contribution >= 0.6 is 27.5 Å². The van der Waals surface area contributed by atoms with Crippen molar-refractivity contribution in [2.75, 3.05) is 5.32 Å². The van der Waals surface area contributed by atoms with Crippen LogP contribution in [0.2, 0.25) is 5.02 Å². The molecule has 2 rings (SSSR count). The lowest BCUT2D eigenvalue weighted by Gasteiger charge is -2.35. The van der Waals surface area contributed by atoms with Gasteiger partial charge in [0.25, 0.3) is 0 Å². The average molecular weight is 331 g/mol. The van der Waals surface area contributed by atoms with Gasteiger partial charge in [-0.15, -0.1) is 0 Å². The molecule has 0 saturated heterocycles. The molecule has 1 aliphatic carbocycles. The lowest BCUT2D eigenvalue weighted by atomic mass is 9.78. The normalized spacial score (nSPS) is 24.3. The number of hydrogen-bond acceptors (Lipinski definition) is 1. The predicted molar refractivity (Wildman–Crippen MR) is 83.4 cm³/mol. The van der Waals surface area contributed by atoms with Gasteiger partial charge in [0.05, 0.1) is 15.2 Å². The Kier molecular flexibility index (Phi) is 4.97. The molecule has 0 spiro atoms. The smallest absolute Gasteiger partial charge is 0.0593 e. The van der Waals surface area contributed by atoms with E-state index in [4.69, 9.17) is 11.6 Å². The van der Waals surface area contributed by atoms with Crippen molar-refractivity contribution in [1.82, 2.24) is 0 Å². The van der Waals surface area contributed by atoms with Gasteiger partial charge in [-0.05, 0) is 52.7 Å². The van der Waals surface area contributed by atoms with E-state index in [0.717, 1.165) is 27.0 Å². The lowest BCUT2D eigenvalue weighted by Crippen LogP contribution is -2.35. The minimum atomic E-state index is 0.577. The van der Waals surface area contributed by atoms with Crippen molar-refractivity contribution < 1.29 is 0 Å². The van der Waals surface area contributed by atoms with Crippen LogP contribution in [0, 0.1) is 11.8 Å². The summed E-state index contributed by atoms with van der Waals surface area (Å²) >= 11 is 9.71. The fourth-order valence-corrected chi connectivity index (χ4v) is 3.51. The van der Waals surface area contributed by atoms with Gasteiger partial charge in [0.1, 0.15) is 0 Å². The Hall–Kier alpha value is -0.210. The summed E-state index contributed by atoms with van der Waals surface area (Å²) in [4.78, 5) is 0. The molecule has 1 aromatic carbocycles. The Balaban J connectivity index is 2.13. The summed E-state index contributed by atoms with van der Waals surface area (Å²) in [5.41, 5.74) is 1.13. The molecule has 0 bridgehead atoms. The first-order valence-electron chi connectivity index (χ1n) is 6.80. The van der Waals surface area contributed by atoms with Crippen LogP contribution in [-0.2, 0) is 0 Å². The van der Waals surface area contributed by atoms with Crippen LogP contribution in [0.3, 0.4) is 0 Å². The van der Waals surface area contributed by atoms with Gasteiger partial charge in [-0.25, -0.2) is 0 Å². The Bertz CT molecular complexity index is 405. The second-order valence-electron chi connectivity index (χ2n) is 5.54. The molecular formula is C15H21BrClN. The molecule has 0 aliphatic heterocycles. The van der Waals surface area contributed by atoms with E-state index in [2.05, 4.69) is 41.2 Å². The van der Waals surface area contributed by atoms with Crippen molar-refractivity contribution in [3.63, 3.8) is 0 Å². The fraction of sp³-hybridized carbons (Fsp3) is 0.600. The van der Waals surface area contributed by atoms with Crippen molar-refractivity contribution in [1.29, 1.82) is 0 Å². The third-order valence-electron chi connectivity index (χ3n) is 3.97. The summed E-state index contributed by atoms with van der Waals surface area (Å²) < 4.78 is 0.986. The Morgan fingerprint density at radius 2 is 2.00 bits per heavy atom. The molecule has 0 heterocycles. The molecule has 1 nitrogen and oxygen atoms in total. The van der Waals surface area contributed by atoms with Crippen LogP contribution in [0.5, 0.6) is 0 Å². The molecule has 1 aliphatic rings. The van der Waals surface area contributed by atoms with E-state index in [1.165, 1.54) is 25.7 Å². The van der Waals surface area contributed by atoms with Gasteiger partial charge in [-0.1, -0.05) is 44.4 Å². The number of halogens is 2. The van der Waals surface area contributed by atoms with Crippen LogP contribution < -0.4 is 5.32 Å². The monoisotopic (exact) mass is 329 g/mol. The number of hydrogen-bond donors (Lipinski definition) is 1. The highest BCUT2D eigenvalue weighted by Gasteiger charge is 2.27. The maximum absolute atomic E-state index is 6.14. The minimum Gasteiger partial charge on any atom is -0.381 e. The van der Waals surface area contributed by atoms with Gasteiger partial charge in [-0.2, -0.15) is 0 Å². The quantitative estimate of drug-likeness (QED) is 0.746. The highest BCUT2D eigenvalue weighted by Crippen LogP contribution is 2.36. The summed E-state index contributed by atoms with van der Waals surface area (Å²) in [7, 11) is 0. The largest absolute Gasteiger partial charge is 0.381 e. The van der Waals surface area contributed by atoms with Crippen LogP contribution in [0.4, 0.5) is 5.69 Å². The molecule has 2 atom stereocenters. The third kappa shape index (κ3) is 3.21. The number of anilines is 1. The number of nitrogens with one attached hydrogen (secondary N) is 1. The van der Waals surface area contributed by atoms with E-state index < -0.39 is 0 Å². The van der Waals surface area contributed by atoms with Gasteiger partial charge in [0.2, 0.25) is 0 Å². The molecule has 0 aromatic heterocycles. The van der Waals surface area contributed by atoms with Crippen LogP contribution in [0.1, 0.15) is 39.5 Å². The van der Waals surface area contributed by atoms with Gasteiger partial charge < -0.3 is 5.32 Å². The Labute approximate surface area is 123 Å². The first kappa shape index (κ1) is 14.2. The van der Waals surface area contributed by atoms with E-state index >= 15 is 0 Å². The molecule has 1 saturated carbocycles. The van der Waals surface area contributed by atoms with Gasteiger partial charge in [-0.3, -0.25) is 0 Å². The zero-order valence-corrected chi connectivity index (χ0v) is 13.4. The maximum Gasteiger partial charge on any atom is 0.0593 e. The van der Waals surface area contributed by atoms with Crippen LogP contribution in [-0.4, -0.2) is 6.04 Å². The van der Waals surface area contributed by atoms with Gasteiger partial charge in [0, 0.05) is 6.04 Å². The minimum absolute atomic E-state index is 0.577. The first-order valence-corrected chi connectivity index (χ1v) is 7.97. The first-order chi connectivity index (χ1) is 8.59. The molecule has 1 fully saturated rings. The molecule has 18 heavy (non-hydrogen) atoms. The molecule has 2 unspecified atom stereocenters. The Morgan fingerprint density at radius 3 is 2.72 bits per heavy atom. The molecule has 1 aromatic rings. The zero-order valence-electron chi connectivity index (χ0n) is 11.0. The molecular weight excluding hydrogens is 310 g/mol. The number of benzene rings is 1. The standard InChI is InChI=1S/C15H21BrClN/c1-10(2)11-6-3-4-8-13(11)18-14-9-5-7-12(17)15(14)16/h5,7,9-11,13,18H,3-4,6,8H2,1-2H3. The van der Waals surface area contributed by atoms with Crippen LogP contribution in [0.25, 0.3) is 0 Å². The second kappa shape index (κ2) is 6.29. The molecule has 0 radical (unpaired) electrons. The van der Waals surface area contributed by atoms with Crippen LogP contribution in [0.15, 0.2) is 22.7 Å². The highest BCUT2D eigenvalue weighted by atomic mass is 79.9. The van der Waals surface area contributed by atoms with Crippen molar-refractivity contribution in [2.24, 2.45) is 11.8 Å². The van der Waals surface area contributed by atoms with Gasteiger partial charge in [0.15, 0.2) is 0 Å². The summed E-state index contributed by atoms with van der Waals surface area (Å²) in [6.45, 7) is 4.66. The summed E-state index contributed by atoms with van der Waals surface area (Å²) in [6.07, 6.45) is 5.31. The Morgan fingerprint density at radius 1 is 1.28 bits per heavy atom. The van der Waals surface area contributed by atoms with Crippen molar-refractivity contribution in [2.45, 2.75) is 45.6 Å². The van der Waals surface area contributed by atoms with E-state index in [1.54, 1.807) is 0 Å². The SMILES string of the molecule is CC(C)C1CCCCC1Nc1cccc(Cl)c1Br. The molecule has 100 valence electrons. The van der Waals surface area contributed by atoms with Gasteiger partial charge >= 0.3 is 0 Å². The second-order valence-corrected chi connectivity index (χ2v) is 6.74. The topological polar surface area (TPSA) is 12.0 Å². The molecule has 0 amide bonds. The summed E-state index contributed by atoms with van der Waals surface area (Å²) in [5.74, 6) is 1.50. The summed E-state index contributed by atoms with van der Waals surface area (Å²) in [6, 6.07) is 6.59. The zero-order chi connectivity index (χ0) is 13.1. The maximum atomic E-state index is 6.14. The highest BCUT2D eigenvalue weighted by molar-refractivity contribution is 9.10. The lowest BCUT2D eigenvalue weighted by molar-refractivity contribution is 0.254. The van der Waals surface area contributed by atoms with Crippen molar-refractivity contribution >= 4 is 33.2 Å². The van der Waals surface area contributed by atoms with Crippen molar-refractivity contribution in [3.05, 3.63) is 27.7 Å². The summed E-state index contributed by atoms with van der Waals surface area (Å²) in [5, 5.41) is 4.46. The van der Waals surface area contributed by atoms with E-state index in [0.29, 0.717) is 6.04 Å². The average Bonchev–Trinajstić information content (AvgIpc) is 2.35. The van der Waals surface area contributed by atoms with E-state index in [9.17, 15) is 0 Å².